The number of fused-ring (bicyclic) bond motifs is 1. The van der Waals surface area contributed by atoms with Gasteiger partial charge in [0.25, 0.3) is 0 Å². The van der Waals surface area contributed by atoms with Gasteiger partial charge >= 0.3 is 0 Å². The predicted molar refractivity (Wildman–Crippen MR) is 84.7 cm³/mol. The lowest BCUT2D eigenvalue weighted by molar-refractivity contribution is 0.0287. The van der Waals surface area contributed by atoms with E-state index in [0.29, 0.717) is 12.1 Å². The fourth-order valence-corrected chi connectivity index (χ4v) is 4.73. The highest BCUT2D eigenvalue weighted by Crippen LogP contribution is 2.45. The zero-order valence-corrected chi connectivity index (χ0v) is 12.9. The van der Waals surface area contributed by atoms with Gasteiger partial charge in [-0.05, 0) is 56.6 Å². The van der Waals surface area contributed by atoms with Crippen molar-refractivity contribution in [1.29, 1.82) is 0 Å². The number of hydrogen-bond donors (Lipinski definition) is 1. The molecule has 2 aliphatic rings. The van der Waals surface area contributed by atoms with Gasteiger partial charge in [0.05, 0.1) is 5.54 Å². The van der Waals surface area contributed by atoms with Crippen LogP contribution in [0.5, 0.6) is 0 Å². The summed E-state index contributed by atoms with van der Waals surface area (Å²) in [4.78, 5) is 2.78. The minimum atomic E-state index is 0.0887. The van der Waals surface area contributed by atoms with E-state index in [9.17, 15) is 0 Å². The Bertz CT molecular complexity index is 470. The highest BCUT2D eigenvalue weighted by atomic mass is 15.3. The summed E-state index contributed by atoms with van der Waals surface area (Å²) in [7, 11) is 0. The first kappa shape index (κ1) is 14.1. The standard InChI is InChI=1S/C18H28N2/c1-3-16-11-10-14(2)20(16)18(13-19)12-6-8-15-7-4-5-9-17(15)18/h4-5,7,9,14,16H,3,6,8,10-13,19H2,1-2H3. The van der Waals surface area contributed by atoms with Crippen molar-refractivity contribution >= 4 is 0 Å². The Kier molecular flexibility index (Phi) is 3.87. The molecule has 1 aromatic carbocycles. The Labute approximate surface area is 123 Å². The lowest BCUT2D eigenvalue weighted by Crippen LogP contribution is -2.57. The number of rotatable bonds is 3. The van der Waals surface area contributed by atoms with Crippen molar-refractivity contribution in [3.63, 3.8) is 0 Å². The largest absolute Gasteiger partial charge is 0.328 e. The molecule has 3 atom stereocenters. The molecule has 110 valence electrons. The van der Waals surface area contributed by atoms with E-state index in [2.05, 4.69) is 43.0 Å². The van der Waals surface area contributed by atoms with Gasteiger partial charge in [-0.25, -0.2) is 0 Å². The molecule has 0 amide bonds. The van der Waals surface area contributed by atoms with Gasteiger partial charge < -0.3 is 5.73 Å². The quantitative estimate of drug-likeness (QED) is 0.913. The van der Waals surface area contributed by atoms with Crippen LogP contribution < -0.4 is 5.73 Å². The van der Waals surface area contributed by atoms with E-state index < -0.39 is 0 Å². The molecule has 3 unspecified atom stereocenters. The Hall–Kier alpha value is -0.860. The van der Waals surface area contributed by atoms with E-state index >= 15 is 0 Å². The third-order valence-electron chi connectivity index (χ3n) is 5.64. The maximum absolute atomic E-state index is 6.37. The molecule has 2 nitrogen and oxygen atoms in total. The Balaban J connectivity index is 2.08. The molecular weight excluding hydrogens is 244 g/mol. The van der Waals surface area contributed by atoms with Crippen LogP contribution in [0.3, 0.4) is 0 Å². The van der Waals surface area contributed by atoms with Crippen LogP contribution in [-0.4, -0.2) is 23.5 Å². The van der Waals surface area contributed by atoms with Gasteiger partial charge in [0, 0.05) is 18.6 Å². The zero-order valence-electron chi connectivity index (χ0n) is 12.9. The minimum absolute atomic E-state index is 0.0887. The van der Waals surface area contributed by atoms with Gasteiger partial charge in [-0.3, -0.25) is 4.90 Å². The molecule has 2 heteroatoms. The number of hydrogen-bond acceptors (Lipinski definition) is 2. The molecule has 0 saturated carbocycles. The molecule has 0 bridgehead atoms. The minimum Gasteiger partial charge on any atom is -0.328 e. The van der Waals surface area contributed by atoms with Crippen LogP contribution in [0.2, 0.25) is 0 Å². The molecule has 0 radical (unpaired) electrons. The number of aryl methyl sites for hydroxylation is 1. The molecule has 3 rings (SSSR count). The SMILES string of the molecule is CCC1CCC(C)N1C1(CN)CCCc2ccccc21. The van der Waals surface area contributed by atoms with Crippen molar-refractivity contribution in [1.82, 2.24) is 4.90 Å². The monoisotopic (exact) mass is 272 g/mol. The smallest absolute Gasteiger partial charge is 0.0591 e. The molecule has 20 heavy (non-hydrogen) atoms. The van der Waals surface area contributed by atoms with Gasteiger partial charge in [0.2, 0.25) is 0 Å². The van der Waals surface area contributed by atoms with Crippen molar-refractivity contribution in [3.8, 4) is 0 Å². The van der Waals surface area contributed by atoms with Crippen molar-refractivity contribution in [2.75, 3.05) is 6.54 Å². The molecule has 2 N–H and O–H groups in total. The van der Waals surface area contributed by atoms with Gasteiger partial charge in [-0.1, -0.05) is 31.2 Å². The molecule has 1 aromatic rings. The Morgan fingerprint density at radius 1 is 1.30 bits per heavy atom. The first-order valence-electron chi connectivity index (χ1n) is 8.30. The topological polar surface area (TPSA) is 29.3 Å². The molecule has 0 aromatic heterocycles. The second-order valence-corrected chi connectivity index (χ2v) is 6.64. The van der Waals surface area contributed by atoms with Crippen LogP contribution in [-0.2, 0) is 12.0 Å². The first-order chi connectivity index (χ1) is 9.73. The summed E-state index contributed by atoms with van der Waals surface area (Å²) in [5, 5.41) is 0. The lowest BCUT2D eigenvalue weighted by atomic mass is 9.74. The summed E-state index contributed by atoms with van der Waals surface area (Å²) >= 11 is 0. The fourth-order valence-electron chi connectivity index (χ4n) is 4.73. The molecule has 1 saturated heterocycles. The fraction of sp³-hybridized carbons (Fsp3) is 0.667. The van der Waals surface area contributed by atoms with Crippen LogP contribution in [0.4, 0.5) is 0 Å². The summed E-state index contributed by atoms with van der Waals surface area (Å²) in [6, 6.07) is 10.4. The number of benzene rings is 1. The lowest BCUT2D eigenvalue weighted by Gasteiger charge is -2.50. The highest BCUT2D eigenvalue weighted by molar-refractivity contribution is 5.37. The second kappa shape index (κ2) is 5.50. The summed E-state index contributed by atoms with van der Waals surface area (Å²) in [6.45, 7) is 5.48. The number of likely N-dealkylation sites (tertiary alicyclic amines) is 1. The van der Waals surface area contributed by atoms with Gasteiger partial charge in [0.1, 0.15) is 0 Å². The summed E-state index contributed by atoms with van der Waals surface area (Å²) in [6.07, 6.45) is 7.62. The van der Waals surface area contributed by atoms with Gasteiger partial charge in [-0.15, -0.1) is 0 Å². The second-order valence-electron chi connectivity index (χ2n) is 6.64. The van der Waals surface area contributed by atoms with E-state index in [1.54, 1.807) is 0 Å². The summed E-state index contributed by atoms with van der Waals surface area (Å²) in [5.74, 6) is 0. The van der Waals surface area contributed by atoms with Crippen molar-refractivity contribution in [2.45, 2.75) is 70.0 Å². The third-order valence-corrected chi connectivity index (χ3v) is 5.64. The van der Waals surface area contributed by atoms with E-state index in [1.165, 1.54) is 49.7 Å². The number of nitrogens with zero attached hydrogens (tertiary/aromatic N) is 1. The highest BCUT2D eigenvalue weighted by Gasteiger charge is 2.47. The van der Waals surface area contributed by atoms with E-state index in [0.717, 1.165) is 6.54 Å². The first-order valence-corrected chi connectivity index (χ1v) is 8.30. The van der Waals surface area contributed by atoms with Crippen molar-refractivity contribution < 1.29 is 0 Å². The van der Waals surface area contributed by atoms with Gasteiger partial charge in [-0.2, -0.15) is 0 Å². The molecule has 1 aliphatic carbocycles. The molecule has 1 aliphatic heterocycles. The van der Waals surface area contributed by atoms with Crippen LogP contribution in [0.15, 0.2) is 24.3 Å². The summed E-state index contributed by atoms with van der Waals surface area (Å²) < 4.78 is 0. The average Bonchev–Trinajstić information content (AvgIpc) is 2.88. The van der Waals surface area contributed by atoms with Crippen LogP contribution in [0, 0.1) is 0 Å². The van der Waals surface area contributed by atoms with E-state index in [4.69, 9.17) is 5.73 Å². The molecular formula is C18H28N2. The van der Waals surface area contributed by atoms with Crippen LogP contribution >= 0.6 is 0 Å². The van der Waals surface area contributed by atoms with E-state index in [1.807, 2.05) is 0 Å². The Morgan fingerprint density at radius 2 is 2.10 bits per heavy atom. The normalized spacial score (nSPS) is 34.1. The van der Waals surface area contributed by atoms with E-state index in [-0.39, 0.29) is 5.54 Å². The Morgan fingerprint density at radius 3 is 2.85 bits per heavy atom. The van der Waals surface area contributed by atoms with Crippen molar-refractivity contribution in [2.24, 2.45) is 5.73 Å². The average molecular weight is 272 g/mol. The maximum atomic E-state index is 6.37. The molecule has 1 fully saturated rings. The van der Waals surface area contributed by atoms with Crippen molar-refractivity contribution in [3.05, 3.63) is 35.4 Å². The number of nitrogens with two attached hydrogens (primary N) is 1. The maximum Gasteiger partial charge on any atom is 0.0591 e. The zero-order chi connectivity index (χ0) is 14.2. The molecule has 1 heterocycles. The van der Waals surface area contributed by atoms with Crippen LogP contribution in [0.25, 0.3) is 0 Å². The third kappa shape index (κ3) is 2.01. The van der Waals surface area contributed by atoms with Gasteiger partial charge in [0.15, 0.2) is 0 Å². The summed E-state index contributed by atoms with van der Waals surface area (Å²) in [5.41, 5.74) is 9.50. The molecule has 0 spiro atoms. The van der Waals surface area contributed by atoms with Crippen LogP contribution in [0.1, 0.15) is 57.1 Å². The predicted octanol–water partition coefficient (Wildman–Crippen LogP) is 3.44.